The predicted molar refractivity (Wildman–Crippen MR) is 115 cm³/mol. The van der Waals surface area contributed by atoms with Gasteiger partial charge in [0.05, 0.1) is 10.9 Å². The van der Waals surface area contributed by atoms with Crippen LogP contribution >= 0.6 is 23.2 Å². The Morgan fingerprint density at radius 1 is 0.929 bits per heavy atom. The van der Waals surface area contributed by atoms with E-state index in [1.807, 2.05) is 36.4 Å². The van der Waals surface area contributed by atoms with Crippen LogP contribution in [0.3, 0.4) is 0 Å². The second-order valence-corrected chi connectivity index (χ2v) is 6.75. The predicted octanol–water partition coefficient (Wildman–Crippen LogP) is 5.24. The molecule has 0 saturated carbocycles. The maximum absolute atomic E-state index is 13.1. The summed E-state index contributed by atoms with van der Waals surface area (Å²) < 4.78 is 1.17. The molecule has 138 valence electrons. The molecule has 1 aromatic heterocycles. The third-order valence-electron chi connectivity index (χ3n) is 4.05. The fourth-order valence-electron chi connectivity index (χ4n) is 2.68. The van der Waals surface area contributed by atoms with Crippen LogP contribution in [0.25, 0.3) is 10.9 Å². The molecule has 1 N–H and O–H groups in total. The molecule has 0 fully saturated rings. The summed E-state index contributed by atoms with van der Waals surface area (Å²) >= 11 is 12.3. The number of benzene rings is 3. The maximum atomic E-state index is 13.1. The van der Waals surface area contributed by atoms with Crippen molar-refractivity contribution in [3.05, 3.63) is 99.8 Å². The number of nitrogens with one attached hydrogen (secondary N) is 1. The molecule has 3 aromatic carbocycles. The first-order valence-corrected chi connectivity index (χ1v) is 9.22. The summed E-state index contributed by atoms with van der Waals surface area (Å²) in [7, 11) is 0. The van der Waals surface area contributed by atoms with Crippen molar-refractivity contribution < 1.29 is 0 Å². The standard InChI is InChI=1S/C21H14Cl2N4O/c22-15-10-12-16(13-11-15)24-21-25-18-9-5-4-8-17(18)20(28)27(21)26-19(23)14-6-2-1-3-7-14/h1-13H,(H,24,25)/b26-19-. The summed E-state index contributed by atoms with van der Waals surface area (Å²) in [5.74, 6) is 0.250. The van der Waals surface area contributed by atoms with Crippen LogP contribution in [0.15, 0.2) is 88.8 Å². The first-order valence-electron chi connectivity index (χ1n) is 8.46. The van der Waals surface area contributed by atoms with Crippen molar-refractivity contribution in [1.82, 2.24) is 9.66 Å². The SMILES string of the molecule is O=c1c2ccccc2nc(Nc2ccc(Cl)cc2)n1/N=C(\Cl)c1ccccc1. The molecule has 5 nitrogen and oxygen atoms in total. The van der Waals surface area contributed by atoms with Crippen LogP contribution in [0.2, 0.25) is 5.02 Å². The second kappa shape index (κ2) is 7.84. The molecule has 0 radical (unpaired) electrons. The van der Waals surface area contributed by atoms with Crippen LogP contribution in [0.1, 0.15) is 5.56 Å². The zero-order valence-corrected chi connectivity index (χ0v) is 16.0. The largest absolute Gasteiger partial charge is 0.324 e. The highest BCUT2D eigenvalue weighted by Gasteiger charge is 2.12. The van der Waals surface area contributed by atoms with Crippen molar-refractivity contribution in [2.24, 2.45) is 5.10 Å². The van der Waals surface area contributed by atoms with Crippen molar-refractivity contribution in [2.75, 3.05) is 5.32 Å². The molecule has 28 heavy (non-hydrogen) atoms. The van der Waals surface area contributed by atoms with Gasteiger partial charge in [-0.05, 0) is 36.4 Å². The zero-order chi connectivity index (χ0) is 19.5. The molecule has 1 heterocycles. The van der Waals surface area contributed by atoms with E-state index in [0.717, 1.165) is 0 Å². The van der Waals surface area contributed by atoms with Crippen LogP contribution in [0.4, 0.5) is 11.6 Å². The Hall–Kier alpha value is -3.15. The van der Waals surface area contributed by atoms with E-state index in [9.17, 15) is 4.79 Å². The highest BCUT2D eigenvalue weighted by Crippen LogP contribution is 2.19. The number of para-hydroxylation sites is 1. The molecule has 7 heteroatoms. The van der Waals surface area contributed by atoms with Crippen LogP contribution in [-0.4, -0.2) is 14.8 Å². The first-order chi connectivity index (χ1) is 13.6. The quantitative estimate of drug-likeness (QED) is 0.469. The average Bonchev–Trinajstić information content (AvgIpc) is 2.73. The molecular formula is C21H14Cl2N4O. The van der Waals surface area contributed by atoms with E-state index >= 15 is 0 Å². The summed E-state index contributed by atoms with van der Waals surface area (Å²) in [4.78, 5) is 17.6. The molecule has 0 aliphatic heterocycles. The molecule has 0 atom stereocenters. The van der Waals surface area contributed by atoms with Gasteiger partial charge in [0.2, 0.25) is 5.95 Å². The Kier molecular flexibility index (Phi) is 5.10. The number of halogens is 2. The lowest BCUT2D eigenvalue weighted by Gasteiger charge is -2.12. The van der Waals surface area contributed by atoms with E-state index in [2.05, 4.69) is 15.4 Å². The summed E-state index contributed by atoms with van der Waals surface area (Å²) in [6.45, 7) is 0. The topological polar surface area (TPSA) is 59.3 Å². The van der Waals surface area contributed by atoms with Gasteiger partial charge >= 0.3 is 0 Å². The number of fused-ring (bicyclic) bond motifs is 1. The minimum Gasteiger partial charge on any atom is -0.324 e. The highest BCUT2D eigenvalue weighted by atomic mass is 35.5. The van der Waals surface area contributed by atoms with Gasteiger partial charge < -0.3 is 5.32 Å². The van der Waals surface area contributed by atoms with Crippen LogP contribution in [0.5, 0.6) is 0 Å². The number of nitrogens with zero attached hydrogens (tertiary/aromatic N) is 3. The second-order valence-electron chi connectivity index (χ2n) is 5.96. The van der Waals surface area contributed by atoms with Crippen LogP contribution < -0.4 is 10.9 Å². The summed E-state index contributed by atoms with van der Waals surface area (Å²) in [5.41, 5.74) is 1.65. The fourth-order valence-corrected chi connectivity index (χ4v) is 3.01. The molecule has 4 aromatic rings. The average molecular weight is 409 g/mol. The Morgan fingerprint density at radius 2 is 1.61 bits per heavy atom. The lowest BCUT2D eigenvalue weighted by Crippen LogP contribution is -2.22. The van der Waals surface area contributed by atoms with Crippen molar-refractivity contribution in [3.8, 4) is 0 Å². The minimum absolute atomic E-state index is 0.180. The molecule has 0 unspecified atom stereocenters. The summed E-state index contributed by atoms with van der Waals surface area (Å²) in [5, 5.41) is 8.68. The van der Waals surface area contributed by atoms with E-state index < -0.39 is 0 Å². The van der Waals surface area contributed by atoms with Crippen molar-refractivity contribution in [2.45, 2.75) is 0 Å². The minimum atomic E-state index is -0.323. The maximum Gasteiger partial charge on any atom is 0.283 e. The van der Waals surface area contributed by atoms with Gasteiger partial charge in [-0.1, -0.05) is 65.7 Å². The van der Waals surface area contributed by atoms with Gasteiger partial charge in [-0.2, -0.15) is 4.68 Å². The third-order valence-corrected chi connectivity index (χ3v) is 4.60. The van der Waals surface area contributed by atoms with E-state index in [1.165, 1.54) is 4.68 Å². The van der Waals surface area contributed by atoms with Crippen molar-refractivity contribution >= 4 is 50.9 Å². The number of aromatic nitrogens is 2. The van der Waals surface area contributed by atoms with Crippen molar-refractivity contribution in [3.63, 3.8) is 0 Å². The fraction of sp³-hybridized carbons (Fsp3) is 0. The Labute approximate surface area is 170 Å². The lowest BCUT2D eigenvalue weighted by atomic mass is 10.2. The van der Waals surface area contributed by atoms with Gasteiger partial charge in [-0.15, -0.1) is 5.10 Å². The highest BCUT2D eigenvalue weighted by molar-refractivity contribution is 6.69. The van der Waals surface area contributed by atoms with Gasteiger partial charge in [0, 0.05) is 16.3 Å². The third kappa shape index (κ3) is 3.76. The van der Waals surface area contributed by atoms with Crippen LogP contribution in [-0.2, 0) is 0 Å². The number of anilines is 2. The van der Waals surface area contributed by atoms with Crippen molar-refractivity contribution in [1.29, 1.82) is 0 Å². The Morgan fingerprint density at radius 3 is 2.36 bits per heavy atom. The summed E-state index contributed by atoms with van der Waals surface area (Å²) in [6, 6.07) is 23.4. The number of rotatable bonds is 4. The zero-order valence-electron chi connectivity index (χ0n) is 14.5. The molecule has 0 amide bonds. The normalized spacial score (nSPS) is 11.6. The number of hydrogen-bond donors (Lipinski definition) is 1. The number of hydrogen-bond acceptors (Lipinski definition) is 4. The smallest absolute Gasteiger partial charge is 0.283 e. The van der Waals surface area contributed by atoms with E-state index in [1.54, 1.807) is 42.5 Å². The van der Waals surface area contributed by atoms with Gasteiger partial charge in [0.1, 0.15) is 0 Å². The molecular weight excluding hydrogens is 395 g/mol. The van der Waals surface area contributed by atoms with Crippen LogP contribution in [0, 0.1) is 0 Å². The first kappa shape index (κ1) is 18.2. The van der Waals surface area contributed by atoms with Gasteiger partial charge in [-0.3, -0.25) is 4.79 Å². The van der Waals surface area contributed by atoms with E-state index in [0.29, 0.717) is 27.2 Å². The van der Waals surface area contributed by atoms with Gasteiger partial charge in [-0.25, -0.2) is 4.98 Å². The molecule has 0 aliphatic carbocycles. The van der Waals surface area contributed by atoms with E-state index in [-0.39, 0.29) is 16.7 Å². The Bertz CT molecular complexity index is 1220. The molecule has 0 bridgehead atoms. The Balaban J connectivity index is 1.88. The molecule has 0 spiro atoms. The molecule has 4 rings (SSSR count). The molecule has 0 aliphatic rings. The van der Waals surface area contributed by atoms with E-state index in [4.69, 9.17) is 23.2 Å². The molecule has 0 saturated heterocycles. The summed E-state index contributed by atoms with van der Waals surface area (Å²) in [6.07, 6.45) is 0. The van der Waals surface area contributed by atoms with Gasteiger partial charge in [0.25, 0.3) is 5.56 Å². The van der Waals surface area contributed by atoms with Gasteiger partial charge in [0.15, 0.2) is 5.17 Å². The monoisotopic (exact) mass is 408 g/mol. The lowest BCUT2D eigenvalue weighted by molar-refractivity contribution is 0.829.